The lowest BCUT2D eigenvalue weighted by atomic mass is 10.1. The van der Waals surface area contributed by atoms with Crippen LogP contribution in [-0.4, -0.2) is 29.9 Å². The van der Waals surface area contributed by atoms with Crippen LogP contribution in [0.2, 0.25) is 0 Å². The lowest BCUT2D eigenvalue weighted by Gasteiger charge is -2.16. The second-order valence-electron chi connectivity index (χ2n) is 2.73. The second kappa shape index (κ2) is 3.74. The lowest BCUT2D eigenvalue weighted by Crippen LogP contribution is -2.36. The number of hydrogen-bond acceptors (Lipinski definition) is 3. The van der Waals surface area contributed by atoms with Crippen LogP contribution in [0.25, 0.3) is 0 Å². The summed E-state index contributed by atoms with van der Waals surface area (Å²) < 4.78 is 0. The van der Waals surface area contributed by atoms with Gasteiger partial charge in [0.25, 0.3) is 0 Å². The van der Waals surface area contributed by atoms with Gasteiger partial charge in [-0.25, -0.2) is 4.79 Å². The van der Waals surface area contributed by atoms with Crippen LogP contribution in [0.3, 0.4) is 0 Å². The Morgan fingerprint density at radius 1 is 1.69 bits per heavy atom. The van der Waals surface area contributed by atoms with Crippen LogP contribution in [0.15, 0.2) is 28.4 Å². The van der Waals surface area contributed by atoms with Gasteiger partial charge in [-0.15, -0.1) is 17.0 Å². The number of rotatable bonds is 1. The normalized spacial score (nSPS) is 23.5. The highest BCUT2D eigenvalue weighted by molar-refractivity contribution is 8.93. The van der Waals surface area contributed by atoms with Crippen LogP contribution in [0, 0.1) is 0 Å². The first kappa shape index (κ1) is 9.98. The van der Waals surface area contributed by atoms with Gasteiger partial charge >= 0.3 is 5.97 Å². The predicted octanol–water partition coefficient (Wildman–Crippen LogP) is 0.515. The fourth-order valence-corrected chi connectivity index (χ4v) is 1.25. The Bertz CT molecular complexity index is 320. The van der Waals surface area contributed by atoms with Crippen LogP contribution in [0.1, 0.15) is 0 Å². The van der Waals surface area contributed by atoms with Crippen molar-refractivity contribution in [1.29, 1.82) is 0 Å². The molecule has 2 heterocycles. The number of aliphatic imine (C=N–C) groups is 1. The predicted molar refractivity (Wildman–Crippen MR) is 54.4 cm³/mol. The van der Waals surface area contributed by atoms with E-state index in [1.54, 1.807) is 12.3 Å². The Hall–Kier alpha value is -1.10. The summed E-state index contributed by atoms with van der Waals surface area (Å²) in [5.74, 6) is -0.863. The number of aliphatic carboxylic acids is 1. The summed E-state index contributed by atoms with van der Waals surface area (Å²) in [6.07, 6.45) is 5.13. The third kappa shape index (κ3) is 1.80. The first-order valence-corrected chi connectivity index (χ1v) is 3.68. The van der Waals surface area contributed by atoms with E-state index >= 15 is 0 Å². The maximum Gasteiger partial charge on any atom is 0.330 e. The lowest BCUT2D eigenvalue weighted by molar-refractivity contribution is -0.137. The van der Waals surface area contributed by atoms with E-state index in [9.17, 15) is 4.79 Å². The van der Waals surface area contributed by atoms with Gasteiger partial charge in [0, 0.05) is 6.21 Å². The van der Waals surface area contributed by atoms with Gasteiger partial charge in [-0.05, 0) is 5.57 Å². The van der Waals surface area contributed by atoms with Gasteiger partial charge in [-0.1, -0.05) is 12.2 Å². The minimum atomic E-state index is -0.863. The standard InChI is InChI=1S/C8H8N2O2.BrH/c11-8(12)6-2-1-5-3-9-4-7(5)10-6;/h1-2,4,6,10H,3H2,(H,11,12);1H. The average Bonchev–Trinajstić information content (AvgIpc) is 2.49. The Morgan fingerprint density at radius 2 is 2.46 bits per heavy atom. The zero-order valence-corrected chi connectivity index (χ0v) is 8.44. The molecule has 1 atom stereocenters. The summed E-state index contributed by atoms with van der Waals surface area (Å²) in [5, 5.41) is 11.5. The summed E-state index contributed by atoms with van der Waals surface area (Å²) in [7, 11) is 0. The Balaban J connectivity index is 0.000000845. The SMILES string of the molecule is Br.O=C(O)C1C=CC2=C(C=NC2)N1. The van der Waals surface area contributed by atoms with Gasteiger partial charge in [-0.3, -0.25) is 4.99 Å². The summed E-state index contributed by atoms with van der Waals surface area (Å²) in [4.78, 5) is 14.6. The van der Waals surface area contributed by atoms with Crippen LogP contribution in [-0.2, 0) is 4.79 Å². The Kier molecular flexibility index (Phi) is 2.87. The first-order valence-electron chi connectivity index (χ1n) is 3.68. The van der Waals surface area contributed by atoms with Crippen molar-refractivity contribution < 1.29 is 9.90 Å². The molecule has 0 radical (unpaired) electrons. The van der Waals surface area contributed by atoms with Crippen molar-refractivity contribution >= 4 is 29.2 Å². The van der Waals surface area contributed by atoms with Crippen molar-refractivity contribution in [3.05, 3.63) is 23.4 Å². The number of carboxylic acids is 1. The number of halogens is 1. The fraction of sp³-hybridized carbons (Fsp3) is 0.250. The summed E-state index contributed by atoms with van der Waals surface area (Å²) >= 11 is 0. The van der Waals surface area contributed by atoms with Crippen LogP contribution >= 0.6 is 17.0 Å². The van der Waals surface area contributed by atoms with Crippen LogP contribution < -0.4 is 5.32 Å². The molecule has 1 unspecified atom stereocenters. The van der Waals surface area contributed by atoms with Crippen LogP contribution in [0.5, 0.6) is 0 Å². The van der Waals surface area contributed by atoms with E-state index in [2.05, 4.69) is 10.3 Å². The third-order valence-electron chi connectivity index (χ3n) is 1.89. The monoisotopic (exact) mass is 244 g/mol. The quantitative estimate of drug-likeness (QED) is 0.707. The van der Waals surface area contributed by atoms with Crippen molar-refractivity contribution in [2.75, 3.05) is 6.54 Å². The largest absolute Gasteiger partial charge is 0.479 e. The zero-order valence-electron chi connectivity index (χ0n) is 6.73. The third-order valence-corrected chi connectivity index (χ3v) is 1.89. The molecule has 2 aliphatic rings. The van der Waals surface area contributed by atoms with Gasteiger partial charge in [-0.2, -0.15) is 0 Å². The molecule has 4 nitrogen and oxygen atoms in total. The van der Waals surface area contributed by atoms with Crippen molar-refractivity contribution in [2.45, 2.75) is 6.04 Å². The molecule has 0 saturated carbocycles. The molecule has 0 amide bonds. The molecule has 2 rings (SSSR count). The van der Waals surface area contributed by atoms with E-state index in [1.807, 2.05) is 6.08 Å². The molecule has 0 spiro atoms. The van der Waals surface area contributed by atoms with Crippen LogP contribution in [0.4, 0.5) is 0 Å². The average molecular weight is 245 g/mol. The molecule has 0 aromatic heterocycles. The number of nitrogens with one attached hydrogen (secondary N) is 1. The van der Waals surface area contributed by atoms with Crippen molar-refractivity contribution in [1.82, 2.24) is 5.32 Å². The van der Waals surface area contributed by atoms with Gasteiger partial charge in [0.05, 0.1) is 12.2 Å². The molecule has 0 aromatic carbocycles. The number of carboxylic acid groups (broad SMARTS) is 1. The number of nitrogens with zero attached hydrogens (tertiary/aromatic N) is 1. The molecule has 0 aromatic rings. The molecule has 0 saturated heterocycles. The number of carbonyl (C=O) groups is 1. The maximum absolute atomic E-state index is 10.6. The van der Waals surface area contributed by atoms with Gasteiger partial charge in [0.1, 0.15) is 6.04 Å². The van der Waals surface area contributed by atoms with Gasteiger partial charge in [0.2, 0.25) is 0 Å². The highest BCUT2D eigenvalue weighted by atomic mass is 79.9. The molecule has 2 N–H and O–H groups in total. The molecule has 13 heavy (non-hydrogen) atoms. The van der Waals surface area contributed by atoms with E-state index in [-0.39, 0.29) is 17.0 Å². The Labute approximate surface area is 85.8 Å². The van der Waals surface area contributed by atoms with Crippen molar-refractivity contribution in [2.24, 2.45) is 4.99 Å². The highest BCUT2D eigenvalue weighted by Crippen LogP contribution is 2.14. The first-order chi connectivity index (χ1) is 5.77. The molecule has 2 aliphatic heterocycles. The number of hydrogen-bond donors (Lipinski definition) is 2. The maximum atomic E-state index is 10.6. The zero-order chi connectivity index (χ0) is 8.55. The summed E-state index contributed by atoms with van der Waals surface area (Å²) in [6, 6.07) is -0.603. The second-order valence-corrected chi connectivity index (χ2v) is 2.73. The molecule has 0 aliphatic carbocycles. The molecular formula is C8H9BrN2O2. The van der Waals surface area contributed by atoms with E-state index in [0.29, 0.717) is 6.54 Å². The molecular weight excluding hydrogens is 236 g/mol. The van der Waals surface area contributed by atoms with Crippen molar-refractivity contribution in [3.8, 4) is 0 Å². The number of allylic oxidation sites excluding steroid dienone is 1. The molecule has 0 fully saturated rings. The minimum absolute atomic E-state index is 0. The molecule has 5 heteroatoms. The smallest absolute Gasteiger partial charge is 0.330 e. The summed E-state index contributed by atoms with van der Waals surface area (Å²) in [6.45, 7) is 0.658. The summed E-state index contributed by atoms with van der Waals surface area (Å²) in [5.41, 5.74) is 1.90. The molecule has 70 valence electrons. The van der Waals surface area contributed by atoms with Crippen molar-refractivity contribution in [3.63, 3.8) is 0 Å². The molecule has 0 bridgehead atoms. The van der Waals surface area contributed by atoms with E-state index in [0.717, 1.165) is 11.3 Å². The van der Waals surface area contributed by atoms with Gasteiger partial charge in [0.15, 0.2) is 0 Å². The minimum Gasteiger partial charge on any atom is -0.479 e. The number of dihydropyridines is 1. The van der Waals surface area contributed by atoms with E-state index in [4.69, 9.17) is 5.11 Å². The van der Waals surface area contributed by atoms with E-state index < -0.39 is 12.0 Å². The highest BCUT2D eigenvalue weighted by Gasteiger charge is 2.21. The van der Waals surface area contributed by atoms with E-state index in [1.165, 1.54) is 0 Å². The fourth-order valence-electron chi connectivity index (χ4n) is 1.25. The topological polar surface area (TPSA) is 61.7 Å². The van der Waals surface area contributed by atoms with Gasteiger partial charge < -0.3 is 10.4 Å². The Morgan fingerprint density at radius 3 is 3.15 bits per heavy atom.